The van der Waals surface area contributed by atoms with E-state index in [1.807, 2.05) is 42.5 Å². The summed E-state index contributed by atoms with van der Waals surface area (Å²) in [5.74, 6) is -1.07. The number of aryl methyl sites for hydroxylation is 1. The van der Waals surface area contributed by atoms with Gasteiger partial charge in [-0.1, -0.05) is 30.3 Å². The number of carbonyl (C=O) groups is 2. The minimum atomic E-state index is -1.03. The van der Waals surface area contributed by atoms with Crippen molar-refractivity contribution in [3.05, 3.63) is 48.2 Å². The van der Waals surface area contributed by atoms with Gasteiger partial charge in [-0.05, 0) is 31.0 Å². The quantitative estimate of drug-likeness (QED) is 0.873. The highest BCUT2D eigenvalue weighted by molar-refractivity contribution is 5.79. The highest BCUT2D eigenvalue weighted by Crippen LogP contribution is 2.19. The fraction of sp³-hybridized carbons (Fsp3) is 0.368. The van der Waals surface area contributed by atoms with E-state index in [1.165, 1.54) is 0 Å². The van der Waals surface area contributed by atoms with E-state index < -0.39 is 12.1 Å². The zero-order valence-corrected chi connectivity index (χ0v) is 14.1. The Morgan fingerprint density at radius 1 is 1.20 bits per heavy atom. The van der Waals surface area contributed by atoms with Crippen LogP contribution in [-0.2, 0) is 20.7 Å². The third-order valence-corrected chi connectivity index (χ3v) is 4.33. The molecule has 1 fully saturated rings. The molecule has 0 radical (unpaired) electrons. The van der Waals surface area contributed by atoms with Crippen molar-refractivity contribution in [2.75, 3.05) is 13.1 Å². The molecule has 2 atom stereocenters. The van der Waals surface area contributed by atoms with Crippen molar-refractivity contribution in [3.8, 4) is 11.3 Å². The Hall–Kier alpha value is -2.60. The molecule has 0 aliphatic carbocycles. The topological polar surface area (TPSA) is 82.6 Å². The maximum atomic E-state index is 12.4. The number of hydrogen-bond donors (Lipinski definition) is 2. The number of benzene rings is 1. The first kappa shape index (κ1) is 17.2. The van der Waals surface area contributed by atoms with Gasteiger partial charge in [-0.15, -0.1) is 0 Å². The molecule has 1 unspecified atom stereocenters. The van der Waals surface area contributed by atoms with Crippen LogP contribution < -0.4 is 0 Å². The third kappa shape index (κ3) is 4.28. The fourth-order valence-corrected chi connectivity index (χ4v) is 3.06. The van der Waals surface area contributed by atoms with Crippen molar-refractivity contribution in [1.82, 2.24) is 9.88 Å². The molecule has 2 aromatic rings. The lowest BCUT2D eigenvalue weighted by Gasteiger charge is -2.35. The monoisotopic (exact) mass is 342 g/mol. The molecule has 1 aliphatic heterocycles. The molecule has 3 rings (SSSR count). The number of morpholine rings is 1. The van der Waals surface area contributed by atoms with Gasteiger partial charge in [0, 0.05) is 24.4 Å². The van der Waals surface area contributed by atoms with Crippen LogP contribution >= 0.6 is 0 Å². The van der Waals surface area contributed by atoms with E-state index in [-0.39, 0.29) is 18.6 Å². The predicted octanol–water partition coefficient (Wildman–Crippen LogP) is 2.31. The minimum absolute atomic E-state index is 0.0442. The highest BCUT2D eigenvalue weighted by atomic mass is 16.5. The van der Waals surface area contributed by atoms with E-state index in [2.05, 4.69) is 4.98 Å². The molecule has 0 saturated carbocycles. The van der Waals surface area contributed by atoms with Crippen LogP contribution in [0.15, 0.2) is 42.5 Å². The lowest BCUT2D eigenvalue weighted by atomic mass is 10.1. The van der Waals surface area contributed by atoms with Gasteiger partial charge in [0.2, 0.25) is 5.91 Å². The van der Waals surface area contributed by atoms with E-state index in [4.69, 9.17) is 9.84 Å². The Labute approximate surface area is 146 Å². The van der Waals surface area contributed by atoms with Crippen LogP contribution in [0.25, 0.3) is 11.3 Å². The third-order valence-electron chi connectivity index (χ3n) is 4.33. The predicted molar refractivity (Wildman–Crippen MR) is 93.1 cm³/mol. The number of aliphatic carboxylic acids is 1. The van der Waals surface area contributed by atoms with Crippen LogP contribution in [-0.4, -0.2) is 52.2 Å². The van der Waals surface area contributed by atoms with Gasteiger partial charge in [-0.3, -0.25) is 4.79 Å². The molecule has 6 heteroatoms. The zero-order chi connectivity index (χ0) is 17.8. The number of hydrogen-bond acceptors (Lipinski definition) is 3. The molecule has 0 bridgehead atoms. The SMILES string of the molecule is C[C@@H]1CN(C(=O)CCc2ccc(-c3ccccc3)[nH]2)CC(C(=O)O)O1. The largest absolute Gasteiger partial charge is 0.479 e. The van der Waals surface area contributed by atoms with Gasteiger partial charge in [0.05, 0.1) is 12.6 Å². The van der Waals surface area contributed by atoms with E-state index in [9.17, 15) is 9.59 Å². The summed E-state index contributed by atoms with van der Waals surface area (Å²) in [6, 6.07) is 14.0. The number of aromatic amines is 1. The number of carbonyl (C=O) groups excluding carboxylic acids is 1. The first-order chi connectivity index (χ1) is 12.0. The smallest absolute Gasteiger partial charge is 0.334 e. The Morgan fingerprint density at radius 2 is 1.96 bits per heavy atom. The van der Waals surface area contributed by atoms with Gasteiger partial charge in [-0.2, -0.15) is 0 Å². The first-order valence-electron chi connectivity index (χ1n) is 8.42. The number of carboxylic acids is 1. The molecule has 0 spiro atoms. The molecule has 2 heterocycles. The summed E-state index contributed by atoms with van der Waals surface area (Å²) in [5.41, 5.74) is 3.11. The number of amides is 1. The molecular weight excluding hydrogens is 320 g/mol. The van der Waals surface area contributed by atoms with E-state index >= 15 is 0 Å². The van der Waals surface area contributed by atoms with Crippen LogP contribution in [0.2, 0.25) is 0 Å². The molecule has 132 valence electrons. The molecule has 1 aromatic carbocycles. The second-order valence-electron chi connectivity index (χ2n) is 6.34. The van der Waals surface area contributed by atoms with Gasteiger partial charge in [0.15, 0.2) is 6.10 Å². The van der Waals surface area contributed by atoms with Gasteiger partial charge in [-0.25, -0.2) is 4.79 Å². The summed E-state index contributed by atoms with van der Waals surface area (Å²) in [7, 11) is 0. The summed E-state index contributed by atoms with van der Waals surface area (Å²) in [6.07, 6.45) is -0.278. The van der Waals surface area contributed by atoms with Crippen LogP contribution in [0.5, 0.6) is 0 Å². The number of nitrogens with one attached hydrogen (secondary N) is 1. The molecule has 1 aromatic heterocycles. The number of nitrogens with zero attached hydrogens (tertiary/aromatic N) is 1. The van der Waals surface area contributed by atoms with Crippen LogP contribution in [0.1, 0.15) is 19.0 Å². The number of H-pyrrole nitrogens is 1. The molecular formula is C19H22N2O4. The molecule has 1 saturated heterocycles. The van der Waals surface area contributed by atoms with Gasteiger partial charge >= 0.3 is 5.97 Å². The molecule has 6 nitrogen and oxygen atoms in total. The molecule has 1 amide bonds. The van der Waals surface area contributed by atoms with Crippen molar-refractivity contribution < 1.29 is 19.4 Å². The van der Waals surface area contributed by atoms with Gasteiger partial charge in [0.1, 0.15) is 0 Å². The lowest BCUT2D eigenvalue weighted by Crippen LogP contribution is -2.51. The van der Waals surface area contributed by atoms with Crippen LogP contribution in [0.4, 0.5) is 0 Å². The van der Waals surface area contributed by atoms with Crippen molar-refractivity contribution in [2.24, 2.45) is 0 Å². The summed E-state index contributed by atoms with van der Waals surface area (Å²) in [4.78, 5) is 28.5. The van der Waals surface area contributed by atoms with Crippen molar-refractivity contribution >= 4 is 11.9 Å². The van der Waals surface area contributed by atoms with E-state index in [1.54, 1.807) is 11.8 Å². The summed E-state index contributed by atoms with van der Waals surface area (Å²) >= 11 is 0. The van der Waals surface area contributed by atoms with Gasteiger partial charge < -0.3 is 19.7 Å². The number of ether oxygens (including phenoxy) is 1. The second-order valence-corrected chi connectivity index (χ2v) is 6.34. The molecule has 2 N–H and O–H groups in total. The maximum absolute atomic E-state index is 12.4. The standard InChI is InChI=1S/C19H22N2O4/c1-13-11-21(12-17(25-13)19(23)24)18(22)10-8-15-7-9-16(20-15)14-5-3-2-4-6-14/h2-7,9,13,17,20H,8,10-12H2,1H3,(H,23,24)/t13-,17?/m1/s1. The number of aromatic nitrogens is 1. The lowest BCUT2D eigenvalue weighted by molar-refractivity contribution is -0.166. The average molecular weight is 342 g/mol. The molecule has 1 aliphatic rings. The molecule has 25 heavy (non-hydrogen) atoms. The van der Waals surface area contributed by atoms with Crippen molar-refractivity contribution in [2.45, 2.75) is 32.0 Å². The van der Waals surface area contributed by atoms with Crippen molar-refractivity contribution in [1.29, 1.82) is 0 Å². The number of carboxylic acid groups (broad SMARTS) is 1. The Bertz CT molecular complexity index is 741. The van der Waals surface area contributed by atoms with E-state index in [0.717, 1.165) is 17.0 Å². The Balaban J connectivity index is 1.57. The van der Waals surface area contributed by atoms with Crippen LogP contribution in [0.3, 0.4) is 0 Å². The summed E-state index contributed by atoms with van der Waals surface area (Å²) in [5, 5.41) is 9.11. The van der Waals surface area contributed by atoms with E-state index in [0.29, 0.717) is 19.4 Å². The summed E-state index contributed by atoms with van der Waals surface area (Å²) in [6.45, 7) is 2.33. The van der Waals surface area contributed by atoms with Gasteiger partial charge in [0.25, 0.3) is 0 Å². The zero-order valence-electron chi connectivity index (χ0n) is 14.1. The maximum Gasteiger partial charge on any atom is 0.334 e. The second kappa shape index (κ2) is 7.53. The fourth-order valence-electron chi connectivity index (χ4n) is 3.06. The van der Waals surface area contributed by atoms with Crippen LogP contribution in [0, 0.1) is 0 Å². The first-order valence-corrected chi connectivity index (χ1v) is 8.42. The summed E-state index contributed by atoms with van der Waals surface area (Å²) < 4.78 is 5.34. The Kier molecular flexibility index (Phi) is 5.19. The Morgan fingerprint density at radius 3 is 2.68 bits per heavy atom. The average Bonchev–Trinajstić information content (AvgIpc) is 3.09. The highest BCUT2D eigenvalue weighted by Gasteiger charge is 2.32. The van der Waals surface area contributed by atoms with Crippen molar-refractivity contribution in [3.63, 3.8) is 0 Å². The normalized spacial score (nSPS) is 20.4. The number of rotatable bonds is 5. The minimum Gasteiger partial charge on any atom is -0.479 e.